The van der Waals surface area contributed by atoms with Crippen LogP contribution in [-0.4, -0.2) is 23.3 Å². The van der Waals surface area contributed by atoms with E-state index in [1.807, 2.05) is 31.2 Å². The summed E-state index contributed by atoms with van der Waals surface area (Å²) in [5.74, 6) is -0.908. The van der Waals surface area contributed by atoms with Gasteiger partial charge in [-0.3, -0.25) is 19.7 Å². The molecule has 8 heteroatoms. The molecule has 0 aromatic heterocycles. The molecule has 0 aliphatic heterocycles. The molecule has 0 unspecified atom stereocenters. The molecule has 0 saturated carbocycles. The predicted molar refractivity (Wildman–Crippen MR) is 96.1 cm³/mol. The van der Waals surface area contributed by atoms with Gasteiger partial charge in [-0.25, -0.2) is 0 Å². The number of nitrogens with zero attached hydrogens (tertiary/aromatic N) is 1. The van der Waals surface area contributed by atoms with Crippen LogP contribution >= 0.6 is 15.9 Å². The molecule has 2 rings (SSSR count). The van der Waals surface area contributed by atoms with Crippen molar-refractivity contribution in [1.82, 2.24) is 10.6 Å². The van der Waals surface area contributed by atoms with E-state index in [1.54, 1.807) is 0 Å². The van der Waals surface area contributed by atoms with Crippen molar-refractivity contribution >= 4 is 33.4 Å². The van der Waals surface area contributed by atoms with Crippen molar-refractivity contribution < 1.29 is 14.5 Å². The number of carbonyl (C=O) groups is 2. The average Bonchev–Trinajstić information content (AvgIpc) is 2.60. The third-order valence-electron chi connectivity index (χ3n) is 3.48. The number of hydrogen-bond donors (Lipinski definition) is 2. The van der Waals surface area contributed by atoms with Crippen LogP contribution in [0.25, 0.3) is 0 Å². The van der Waals surface area contributed by atoms with Crippen LogP contribution in [0.4, 0.5) is 5.69 Å². The Hall–Kier alpha value is -2.74. The zero-order valence-corrected chi connectivity index (χ0v) is 14.9. The van der Waals surface area contributed by atoms with E-state index in [9.17, 15) is 19.7 Å². The van der Waals surface area contributed by atoms with E-state index >= 15 is 0 Å². The lowest BCUT2D eigenvalue weighted by Gasteiger charge is -2.16. The summed E-state index contributed by atoms with van der Waals surface area (Å²) in [6.07, 6.45) is 0. The summed E-state index contributed by atoms with van der Waals surface area (Å²) in [5.41, 5.74) is 0.862. The maximum Gasteiger partial charge on any atom is 0.270 e. The van der Waals surface area contributed by atoms with Gasteiger partial charge in [-0.2, -0.15) is 0 Å². The standard InChI is InChI=1S/C17H16BrN3O4/c1-11(14-7-2-3-8-15(14)18)20-16(22)10-19-17(23)12-5-4-6-13(9-12)21(24)25/h2-9,11H,10H2,1H3,(H,19,23)(H,20,22)/t11-/m1/s1. The molecule has 2 amide bonds. The van der Waals surface area contributed by atoms with Gasteiger partial charge in [0.05, 0.1) is 17.5 Å². The fourth-order valence-electron chi connectivity index (χ4n) is 2.22. The smallest absolute Gasteiger partial charge is 0.270 e. The highest BCUT2D eigenvalue weighted by atomic mass is 79.9. The molecular weight excluding hydrogens is 390 g/mol. The summed E-state index contributed by atoms with van der Waals surface area (Å²) >= 11 is 3.42. The first-order valence-electron chi connectivity index (χ1n) is 7.45. The molecule has 0 aliphatic rings. The zero-order valence-electron chi connectivity index (χ0n) is 13.4. The van der Waals surface area contributed by atoms with E-state index < -0.39 is 10.8 Å². The van der Waals surface area contributed by atoms with Crippen LogP contribution in [0, 0.1) is 10.1 Å². The number of halogens is 1. The number of rotatable bonds is 6. The molecule has 0 aliphatic carbocycles. The van der Waals surface area contributed by atoms with E-state index in [0.29, 0.717) is 0 Å². The molecule has 0 spiro atoms. The highest BCUT2D eigenvalue weighted by molar-refractivity contribution is 9.10. The molecule has 2 aromatic rings. The lowest BCUT2D eigenvalue weighted by Crippen LogP contribution is -2.38. The second kappa shape index (κ2) is 8.39. The molecule has 1 atom stereocenters. The van der Waals surface area contributed by atoms with Crippen molar-refractivity contribution in [2.75, 3.05) is 6.54 Å². The number of nitro groups is 1. The summed E-state index contributed by atoms with van der Waals surface area (Å²) in [4.78, 5) is 34.2. The van der Waals surface area contributed by atoms with E-state index in [0.717, 1.165) is 16.1 Å². The SMILES string of the molecule is C[C@@H](NC(=O)CNC(=O)c1cccc([N+](=O)[O-])c1)c1ccccc1Br. The number of hydrogen-bond acceptors (Lipinski definition) is 4. The van der Waals surface area contributed by atoms with Gasteiger partial charge in [-0.15, -0.1) is 0 Å². The Labute approximate surface area is 152 Å². The molecule has 0 bridgehead atoms. The van der Waals surface area contributed by atoms with Crippen molar-refractivity contribution in [2.45, 2.75) is 13.0 Å². The number of non-ortho nitro benzene ring substituents is 1. The molecule has 7 nitrogen and oxygen atoms in total. The van der Waals surface area contributed by atoms with E-state index in [-0.39, 0.29) is 29.7 Å². The zero-order chi connectivity index (χ0) is 18.4. The van der Waals surface area contributed by atoms with Gasteiger partial charge < -0.3 is 10.6 Å². The molecule has 0 fully saturated rings. The summed E-state index contributed by atoms with van der Waals surface area (Å²) < 4.78 is 0.878. The van der Waals surface area contributed by atoms with Crippen molar-refractivity contribution in [3.63, 3.8) is 0 Å². The van der Waals surface area contributed by atoms with Crippen molar-refractivity contribution in [3.8, 4) is 0 Å². The van der Waals surface area contributed by atoms with Crippen LogP contribution in [0.5, 0.6) is 0 Å². The third-order valence-corrected chi connectivity index (χ3v) is 4.20. The Morgan fingerprint density at radius 3 is 2.60 bits per heavy atom. The predicted octanol–water partition coefficient (Wildman–Crippen LogP) is 2.96. The van der Waals surface area contributed by atoms with Gasteiger partial charge in [0.1, 0.15) is 0 Å². The minimum absolute atomic E-state index is 0.126. The summed E-state index contributed by atoms with van der Waals surface area (Å²) in [6.45, 7) is 1.61. The highest BCUT2D eigenvalue weighted by Crippen LogP contribution is 2.22. The molecule has 130 valence electrons. The van der Waals surface area contributed by atoms with Crippen LogP contribution in [0.2, 0.25) is 0 Å². The van der Waals surface area contributed by atoms with E-state index in [1.165, 1.54) is 18.2 Å². The maximum absolute atomic E-state index is 12.0. The minimum atomic E-state index is -0.580. The normalized spacial score (nSPS) is 11.4. The van der Waals surface area contributed by atoms with Gasteiger partial charge in [0.25, 0.3) is 11.6 Å². The van der Waals surface area contributed by atoms with Crippen LogP contribution in [-0.2, 0) is 4.79 Å². The molecule has 0 radical (unpaired) electrons. The lowest BCUT2D eigenvalue weighted by molar-refractivity contribution is -0.384. The third kappa shape index (κ3) is 5.12. The Kier molecular flexibility index (Phi) is 6.24. The Balaban J connectivity index is 1.91. The second-order valence-corrected chi connectivity index (χ2v) is 6.16. The van der Waals surface area contributed by atoms with Crippen molar-refractivity contribution in [3.05, 3.63) is 74.2 Å². The number of nitrogens with one attached hydrogen (secondary N) is 2. The van der Waals surface area contributed by atoms with Gasteiger partial charge in [0.15, 0.2) is 0 Å². The quantitative estimate of drug-likeness (QED) is 0.569. The Morgan fingerprint density at radius 1 is 1.20 bits per heavy atom. The van der Waals surface area contributed by atoms with E-state index in [4.69, 9.17) is 0 Å². The van der Waals surface area contributed by atoms with Crippen LogP contribution < -0.4 is 10.6 Å². The maximum atomic E-state index is 12.0. The van der Waals surface area contributed by atoms with Crippen LogP contribution in [0.3, 0.4) is 0 Å². The van der Waals surface area contributed by atoms with Gasteiger partial charge in [0.2, 0.25) is 5.91 Å². The fraction of sp³-hybridized carbons (Fsp3) is 0.176. The lowest BCUT2D eigenvalue weighted by atomic mass is 10.1. The van der Waals surface area contributed by atoms with E-state index in [2.05, 4.69) is 26.6 Å². The molecule has 0 heterocycles. The largest absolute Gasteiger partial charge is 0.348 e. The molecule has 0 saturated heterocycles. The monoisotopic (exact) mass is 405 g/mol. The Bertz CT molecular complexity index is 810. The number of amides is 2. The molecular formula is C17H16BrN3O4. The highest BCUT2D eigenvalue weighted by Gasteiger charge is 2.15. The molecule has 25 heavy (non-hydrogen) atoms. The summed E-state index contributed by atoms with van der Waals surface area (Å²) in [7, 11) is 0. The fourth-order valence-corrected chi connectivity index (χ4v) is 2.85. The Morgan fingerprint density at radius 2 is 1.92 bits per heavy atom. The number of carbonyl (C=O) groups excluding carboxylic acids is 2. The van der Waals surface area contributed by atoms with Gasteiger partial charge in [-0.1, -0.05) is 40.2 Å². The summed E-state index contributed by atoms with van der Waals surface area (Å²) in [5, 5.41) is 16.0. The van der Waals surface area contributed by atoms with Gasteiger partial charge in [0, 0.05) is 22.2 Å². The minimum Gasteiger partial charge on any atom is -0.348 e. The summed E-state index contributed by atoms with van der Waals surface area (Å²) in [6, 6.07) is 12.6. The van der Waals surface area contributed by atoms with Crippen LogP contribution in [0.15, 0.2) is 53.0 Å². The molecule has 2 aromatic carbocycles. The first-order valence-corrected chi connectivity index (χ1v) is 8.24. The molecule has 2 N–H and O–H groups in total. The first kappa shape index (κ1) is 18.6. The number of benzene rings is 2. The first-order chi connectivity index (χ1) is 11.9. The second-order valence-electron chi connectivity index (χ2n) is 5.30. The average molecular weight is 406 g/mol. The van der Waals surface area contributed by atoms with Crippen molar-refractivity contribution in [1.29, 1.82) is 0 Å². The van der Waals surface area contributed by atoms with Gasteiger partial charge >= 0.3 is 0 Å². The van der Waals surface area contributed by atoms with Gasteiger partial charge in [-0.05, 0) is 24.6 Å². The topological polar surface area (TPSA) is 101 Å². The van der Waals surface area contributed by atoms with Crippen molar-refractivity contribution in [2.24, 2.45) is 0 Å². The number of nitro benzene ring substituents is 1. The van der Waals surface area contributed by atoms with Crippen LogP contribution in [0.1, 0.15) is 28.9 Å².